The molecule has 2 amide bonds. The monoisotopic (exact) mass is 368 g/mol. The van der Waals surface area contributed by atoms with Crippen molar-refractivity contribution in [2.24, 2.45) is 5.10 Å². The van der Waals surface area contributed by atoms with Crippen LogP contribution in [0.3, 0.4) is 0 Å². The van der Waals surface area contributed by atoms with Crippen LogP contribution in [0.15, 0.2) is 72.0 Å². The van der Waals surface area contributed by atoms with E-state index in [9.17, 15) is 4.79 Å². The molecular formula is C19H17ClN4O2. The smallest absolute Gasteiger partial charge is 0.339 e. The molecule has 0 spiro atoms. The average molecular weight is 369 g/mol. The van der Waals surface area contributed by atoms with Gasteiger partial charge in [0.1, 0.15) is 5.75 Å². The Hall–Kier alpha value is -3.25. The first kappa shape index (κ1) is 17.6. The van der Waals surface area contributed by atoms with Crippen molar-refractivity contribution in [2.45, 2.75) is 0 Å². The first-order chi connectivity index (χ1) is 12.7. The Morgan fingerprint density at radius 1 is 1.12 bits per heavy atom. The lowest BCUT2D eigenvalue weighted by Crippen LogP contribution is -2.24. The van der Waals surface area contributed by atoms with Crippen molar-refractivity contribution in [1.29, 1.82) is 0 Å². The highest BCUT2D eigenvalue weighted by molar-refractivity contribution is 6.33. The summed E-state index contributed by atoms with van der Waals surface area (Å²) >= 11 is 6.00. The standard InChI is InChI=1S/C19H17ClN4O2/c1-26-16-10-8-14(9-11-16)24-12-4-5-15(24)13-21-23-19(25)22-18-7-3-2-6-17(18)20/h2-13H,1H3,(H2,22,23,25)/b21-13+. The number of halogens is 1. The summed E-state index contributed by atoms with van der Waals surface area (Å²) in [5.41, 5.74) is 4.71. The van der Waals surface area contributed by atoms with Crippen LogP contribution < -0.4 is 15.5 Å². The second-order valence-corrected chi connectivity index (χ2v) is 5.71. The maximum atomic E-state index is 11.9. The number of nitrogens with zero attached hydrogens (tertiary/aromatic N) is 2. The van der Waals surface area contributed by atoms with E-state index < -0.39 is 6.03 Å². The molecule has 1 aromatic heterocycles. The van der Waals surface area contributed by atoms with Crippen LogP contribution in [0.4, 0.5) is 10.5 Å². The fourth-order valence-corrected chi connectivity index (χ4v) is 2.53. The summed E-state index contributed by atoms with van der Waals surface area (Å²) < 4.78 is 7.11. The van der Waals surface area contributed by atoms with Crippen LogP contribution in [-0.2, 0) is 0 Å². The van der Waals surface area contributed by atoms with Gasteiger partial charge in [0, 0.05) is 11.9 Å². The normalized spacial score (nSPS) is 10.7. The third-order valence-corrected chi connectivity index (χ3v) is 3.95. The van der Waals surface area contributed by atoms with Gasteiger partial charge in [-0.1, -0.05) is 23.7 Å². The highest BCUT2D eigenvalue weighted by Gasteiger charge is 2.04. The maximum absolute atomic E-state index is 11.9. The summed E-state index contributed by atoms with van der Waals surface area (Å²) in [6.45, 7) is 0. The first-order valence-electron chi connectivity index (χ1n) is 7.84. The predicted octanol–water partition coefficient (Wildman–Crippen LogP) is 4.29. The van der Waals surface area contributed by atoms with Crippen molar-refractivity contribution >= 4 is 29.5 Å². The molecule has 0 atom stereocenters. The zero-order chi connectivity index (χ0) is 18.4. The molecule has 0 aliphatic rings. The minimum absolute atomic E-state index is 0.458. The van der Waals surface area contributed by atoms with E-state index >= 15 is 0 Å². The van der Waals surface area contributed by atoms with Gasteiger partial charge < -0.3 is 14.6 Å². The molecule has 6 nitrogen and oxygen atoms in total. The number of carbonyl (C=O) groups excluding carboxylic acids is 1. The average Bonchev–Trinajstić information content (AvgIpc) is 3.12. The van der Waals surface area contributed by atoms with Gasteiger partial charge in [-0.3, -0.25) is 0 Å². The maximum Gasteiger partial charge on any atom is 0.339 e. The number of ether oxygens (including phenoxy) is 1. The van der Waals surface area contributed by atoms with Gasteiger partial charge in [-0.25, -0.2) is 10.2 Å². The fourth-order valence-electron chi connectivity index (χ4n) is 2.35. The van der Waals surface area contributed by atoms with Crippen LogP contribution in [0.2, 0.25) is 5.02 Å². The number of hydrogen-bond acceptors (Lipinski definition) is 3. The SMILES string of the molecule is COc1ccc(-n2cccc2/C=N/NC(=O)Nc2ccccc2Cl)cc1. The summed E-state index contributed by atoms with van der Waals surface area (Å²) in [6, 6.07) is 17.9. The van der Waals surface area contributed by atoms with E-state index in [0.717, 1.165) is 17.1 Å². The van der Waals surface area contributed by atoms with E-state index in [1.807, 2.05) is 47.2 Å². The molecule has 0 unspecified atom stereocenters. The molecule has 0 aliphatic heterocycles. The van der Waals surface area contributed by atoms with Crippen LogP contribution in [0, 0.1) is 0 Å². The Morgan fingerprint density at radius 3 is 2.62 bits per heavy atom. The summed E-state index contributed by atoms with van der Waals surface area (Å²) in [4.78, 5) is 11.9. The van der Waals surface area contributed by atoms with Gasteiger partial charge in [-0.05, 0) is 48.5 Å². The Bertz CT molecular complexity index is 919. The van der Waals surface area contributed by atoms with Gasteiger partial charge in [-0.2, -0.15) is 5.10 Å². The number of urea groups is 1. The zero-order valence-corrected chi connectivity index (χ0v) is 14.8. The molecule has 2 N–H and O–H groups in total. The third-order valence-electron chi connectivity index (χ3n) is 3.62. The molecule has 26 heavy (non-hydrogen) atoms. The summed E-state index contributed by atoms with van der Waals surface area (Å²) in [6.07, 6.45) is 3.48. The number of para-hydroxylation sites is 1. The van der Waals surface area contributed by atoms with Gasteiger partial charge in [-0.15, -0.1) is 0 Å². The van der Waals surface area contributed by atoms with Crippen molar-refractivity contribution in [3.05, 3.63) is 77.6 Å². The van der Waals surface area contributed by atoms with Gasteiger partial charge >= 0.3 is 6.03 Å². The second-order valence-electron chi connectivity index (χ2n) is 5.31. The van der Waals surface area contributed by atoms with Crippen molar-refractivity contribution in [2.75, 3.05) is 12.4 Å². The van der Waals surface area contributed by atoms with Crippen LogP contribution in [0.1, 0.15) is 5.69 Å². The predicted molar refractivity (Wildman–Crippen MR) is 104 cm³/mol. The molecule has 3 rings (SSSR count). The molecule has 7 heteroatoms. The van der Waals surface area contributed by atoms with E-state index in [1.54, 1.807) is 37.6 Å². The molecule has 0 saturated heterocycles. The van der Waals surface area contributed by atoms with Gasteiger partial charge in [0.15, 0.2) is 0 Å². The number of rotatable bonds is 5. The fraction of sp³-hybridized carbons (Fsp3) is 0.0526. The van der Waals surface area contributed by atoms with Crippen molar-refractivity contribution < 1.29 is 9.53 Å². The summed E-state index contributed by atoms with van der Waals surface area (Å²) in [5.74, 6) is 0.786. The zero-order valence-electron chi connectivity index (χ0n) is 14.0. The number of amides is 2. The molecule has 132 valence electrons. The number of aromatic nitrogens is 1. The van der Waals surface area contributed by atoms with Crippen molar-refractivity contribution in [3.8, 4) is 11.4 Å². The first-order valence-corrected chi connectivity index (χ1v) is 8.21. The number of nitrogens with one attached hydrogen (secondary N) is 2. The topological polar surface area (TPSA) is 67.6 Å². The molecule has 2 aromatic carbocycles. The van der Waals surface area contributed by atoms with E-state index in [4.69, 9.17) is 16.3 Å². The molecular weight excluding hydrogens is 352 g/mol. The third kappa shape index (κ3) is 4.23. The minimum Gasteiger partial charge on any atom is -0.497 e. The van der Waals surface area contributed by atoms with Crippen LogP contribution in [-0.4, -0.2) is 23.9 Å². The molecule has 0 bridgehead atoms. The van der Waals surface area contributed by atoms with Crippen LogP contribution in [0.5, 0.6) is 5.75 Å². The number of benzene rings is 2. The van der Waals surface area contributed by atoms with Crippen molar-refractivity contribution in [3.63, 3.8) is 0 Å². The molecule has 1 heterocycles. The minimum atomic E-state index is -0.475. The second kappa shape index (κ2) is 8.22. The molecule has 0 fully saturated rings. The summed E-state index contributed by atoms with van der Waals surface area (Å²) in [5, 5.41) is 7.07. The number of anilines is 1. The van der Waals surface area contributed by atoms with Gasteiger partial charge in [0.2, 0.25) is 0 Å². The summed E-state index contributed by atoms with van der Waals surface area (Å²) in [7, 11) is 1.63. The molecule has 0 saturated carbocycles. The molecule has 0 aliphatic carbocycles. The highest BCUT2D eigenvalue weighted by atomic mass is 35.5. The van der Waals surface area contributed by atoms with E-state index in [2.05, 4.69) is 15.8 Å². The Kier molecular flexibility index (Phi) is 5.56. The quantitative estimate of drug-likeness (QED) is 0.521. The van der Waals surface area contributed by atoms with E-state index in [-0.39, 0.29) is 0 Å². The van der Waals surface area contributed by atoms with Gasteiger partial charge in [0.25, 0.3) is 0 Å². The Balaban J connectivity index is 1.65. The number of methoxy groups -OCH3 is 1. The van der Waals surface area contributed by atoms with Crippen LogP contribution in [0.25, 0.3) is 5.69 Å². The number of carbonyl (C=O) groups is 1. The van der Waals surface area contributed by atoms with Crippen LogP contribution >= 0.6 is 11.6 Å². The number of hydrogen-bond donors (Lipinski definition) is 2. The van der Waals surface area contributed by atoms with Crippen molar-refractivity contribution in [1.82, 2.24) is 9.99 Å². The molecule has 3 aromatic rings. The molecule has 0 radical (unpaired) electrons. The lowest BCUT2D eigenvalue weighted by Gasteiger charge is -2.08. The van der Waals surface area contributed by atoms with E-state index in [1.165, 1.54) is 0 Å². The highest BCUT2D eigenvalue weighted by Crippen LogP contribution is 2.20. The lowest BCUT2D eigenvalue weighted by atomic mass is 10.3. The Labute approximate surface area is 156 Å². The van der Waals surface area contributed by atoms with E-state index in [0.29, 0.717) is 10.7 Å². The lowest BCUT2D eigenvalue weighted by molar-refractivity contribution is 0.252. The Morgan fingerprint density at radius 2 is 1.88 bits per heavy atom. The number of hydrazone groups is 1. The largest absolute Gasteiger partial charge is 0.497 e. The van der Waals surface area contributed by atoms with Gasteiger partial charge in [0.05, 0.1) is 29.7 Å².